The highest BCUT2D eigenvalue weighted by Gasteiger charge is 2.05. The van der Waals surface area contributed by atoms with E-state index in [1.807, 2.05) is 6.92 Å². The van der Waals surface area contributed by atoms with E-state index in [0.29, 0.717) is 19.3 Å². The molecule has 0 spiro atoms. The minimum absolute atomic E-state index is 0.536. The lowest BCUT2D eigenvalue weighted by molar-refractivity contribution is 0.0285. The first-order chi connectivity index (χ1) is 6.81. The van der Waals surface area contributed by atoms with Crippen LogP contribution in [0.2, 0.25) is 0 Å². The highest BCUT2D eigenvalue weighted by Crippen LogP contribution is 2.10. The molecule has 1 saturated heterocycles. The maximum Gasteiger partial charge on any atom is 0.0700 e. The van der Waals surface area contributed by atoms with E-state index in [1.165, 1.54) is 19.3 Å². The predicted molar refractivity (Wildman–Crippen MR) is 57.6 cm³/mol. The number of rotatable bonds is 4. The summed E-state index contributed by atoms with van der Waals surface area (Å²) in [6.07, 6.45) is 4.43. The minimum Gasteiger partial charge on any atom is -0.382 e. The van der Waals surface area contributed by atoms with Crippen LogP contribution >= 0.6 is 0 Å². The molecule has 1 rings (SSSR count). The Balaban J connectivity index is 0.000000241. The SMILES string of the molecule is CCOCCOC.C[C@H]1CCCCO1. The zero-order chi connectivity index (χ0) is 10.6. The van der Waals surface area contributed by atoms with Crippen LogP contribution in [0, 0.1) is 0 Å². The Morgan fingerprint density at radius 3 is 2.43 bits per heavy atom. The van der Waals surface area contributed by atoms with Crippen LogP contribution in [0.3, 0.4) is 0 Å². The zero-order valence-electron chi connectivity index (χ0n) is 9.75. The molecule has 14 heavy (non-hydrogen) atoms. The van der Waals surface area contributed by atoms with Crippen molar-refractivity contribution in [3.05, 3.63) is 0 Å². The van der Waals surface area contributed by atoms with E-state index in [9.17, 15) is 0 Å². The van der Waals surface area contributed by atoms with Gasteiger partial charge in [-0.05, 0) is 33.1 Å². The minimum atomic E-state index is 0.536. The van der Waals surface area contributed by atoms with Crippen molar-refractivity contribution in [2.75, 3.05) is 33.5 Å². The molecule has 1 aliphatic heterocycles. The van der Waals surface area contributed by atoms with Gasteiger partial charge in [-0.1, -0.05) is 0 Å². The van der Waals surface area contributed by atoms with Gasteiger partial charge in [-0.25, -0.2) is 0 Å². The Bertz CT molecular complexity index is 96.7. The van der Waals surface area contributed by atoms with Gasteiger partial charge in [-0.2, -0.15) is 0 Å². The molecule has 0 aliphatic carbocycles. The molecule has 0 saturated carbocycles. The van der Waals surface area contributed by atoms with Crippen molar-refractivity contribution in [1.29, 1.82) is 0 Å². The maximum atomic E-state index is 5.28. The van der Waals surface area contributed by atoms with Crippen molar-refractivity contribution in [2.24, 2.45) is 0 Å². The largest absolute Gasteiger partial charge is 0.382 e. The van der Waals surface area contributed by atoms with Crippen LogP contribution in [0.1, 0.15) is 33.1 Å². The van der Waals surface area contributed by atoms with E-state index in [0.717, 1.165) is 13.2 Å². The second-order valence-electron chi connectivity index (χ2n) is 3.37. The first kappa shape index (κ1) is 13.9. The molecule has 3 heteroatoms. The Hall–Kier alpha value is -0.120. The standard InChI is InChI=1S/C6H12O.C5H12O2/c1-6-4-2-3-5-7-6;1-3-7-5-4-6-2/h6H,2-5H2,1H3;3-5H2,1-2H3/t6-;/m0./s1. The summed E-state index contributed by atoms with van der Waals surface area (Å²) in [7, 11) is 1.67. The van der Waals surface area contributed by atoms with Gasteiger partial charge in [0.25, 0.3) is 0 Å². The van der Waals surface area contributed by atoms with Crippen LogP contribution < -0.4 is 0 Å². The van der Waals surface area contributed by atoms with E-state index < -0.39 is 0 Å². The van der Waals surface area contributed by atoms with E-state index in [2.05, 4.69) is 6.92 Å². The van der Waals surface area contributed by atoms with Gasteiger partial charge in [-0.3, -0.25) is 0 Å². The lowest BCUT2D eigenvalue weighted by atomic mass is 10.1. The summed E-state index contributed by atoms with van der Waals surface area (Å²) < 4.78 is 14.9. The van der Waals surface area contributed by atoms with Gasteiger partial charge in [-0.15, -0.1) is 0 Å². The quantitative estimate of drug-likeness (QED) is 0.657. The number of methoxy groups -OCH3 is 1. The van der Waals surface area contributed by atoms with Crippen molar-refractivity contribution >= 4 is 0 Å². The van der Waals surface area contributed by atoms with Crippen LogP contribution in [0.4, 0.5) is 0 Å². The van der Waals surface area contributed by atoms with Gasteiger partial charge in [0.1, 0.15) is 0 Å². The Kier molecular flexibility index (Phi) is 10.9. The van der Waals surface area contributed by atoms with E-state index in [4.69, 9.17) is 14.2 Å². The van der Waals surface area contributed by atoms with E-state index in [-0.39, 0.29) is 0 Å². The lowest BCUT2D eigenvalue weighted by Gasteiger charge is -2.17. The maximum absolute atomic E-state index is 5.28. The normalized spacial score (nSPS) is 21.2. The summed E-state index contributed by atoms with van der Waals surface area (Å²) in [5.41, 5.74) is 0. The molecule has 3 nitrogen and oxygen atoms in total. The Morgan fingerprint density at radius 2 is 2.07 bits per heavy atom. The Morgan fingerprint density at radius 1 is 1.29 bits per heavy atom. The van der Waals surface area contributed by atoms with Crippen LogP contribution in [-0.4, -0.2) is 39.6 Å². The van der Waals surface area contributed by atoms with Crippen molar-refractivity contribution < 1.29 is 14.2 Å². The molecule has 0 aromatic heterocycles. The van der Waals surface area contributed by atoms with Crippen molar-refractivity contribution in [3.63, 3.8) is 0 Å². The summed E-state index contributed by atoms with van der Waals surface area (Å²) in [5, 5.41) is 0. The molecule has 86 valence electrons. The highest BCUT2D eigenvalue weighted by atomic mass is 16.5. The molecule has 1 fully saturated rings. The fraction of sp³-hybridized carbons (Fsp3) is 1.00. The fourth-order valence-corrected chi connectivity index (χ4v) is 1.19. The number of hydrogen-bond donors (Lipinski definition) is 0. The first-order valence-electron chi connectivity index (χ1n) is 5.49. The van der Waals surface area contributed by atoms with Crippen LogP contribution in [0.15, 0.2) is 0 Å². The highest BCUT2D eigenvalue weighted by molar-refractivity contribution is 4.55. The summed E-state index contributed by atoms with van der Waals surface area (Å²) in [5.74, 6) is 0. The summed E-state index contributed by atoms with van der Waals surface area (Å²) in [6, 6.07) is 0. The van der Waals surface area contributed by atoms with E-state index >= 15 is 0 Å². The smallest absolute Gasteiger partial charge is 0.0700 e. The molecule has 0 unspecified atom stereocenters. The van der Waals surface area contributed by atoms with Crippen molar-refractivity contribution in [3.8, 4) is 0 Å². The van der Waals surface area contributed by atoms with Crippen molar-refractivity contribution in [2.45, 2.75) is 39.2 Å². The number of ether oxygens (including phenoxy) is 3. The van der Waals surface area contributed by atoms with Crippen LogP contribution in [0.25, 0.3) is 0 Å². The molecular weight excluding hydrogens is 180 g/mol. The first-order valence-corrected chi connectivity index (χ1v) is 5.49. The molecule has 1 aliphatic rings. The van der Waals surface area contributed by atoms with Gasteiger partial charge in [0.2, 0.25) is 0 Å². The number of hydrogen-bond acceptors (Lipinski definition) is 3. The fourth-order valence-electron chi connectivity index (χ4n) is 1.19. The Labute approximate surface area is 87.7 Å². The third-order valence-electron chi connectivity index (χ3n) is 2.04. The van der Waals surface area contributed by atoms with Crippen LogP contribution in [-0.2, 0) is 14.2 Å². The summed E-state index contributed by atoms with van der Waals surface area (Å²) in [6.45, 7) is 7.29. The summed E-state index contributed by atoms with van der Waals surface area (Å²) in [4.78, 5) is 0. The van der Waals surface area contributed by atoms with Gasteiger partial charge >= 0.3 is 0 Å². The molecular formula is C11H24O3. The molecule has 0 bridgehead atoms. The van der Waals surface area contributed by atoms with Gasteiger partial charge in [0.15, 0.2) is 0 Å². The molecule has 1 heterocycles. The second kappa shape index (κ2) is 11.0. The monoisotopic (exact) mass is 204 g/mol. The molecule has 0 aromatic carbocycles. The molecule has 1 atom stereocenters. The van der Waals surface area contributed by atoms with Gasteiger partial charge in [0, 0.05) is 20.3 Å². The third-order valence-corrected chi connectivity index (χ3v) is 2.04. The average molecular weight is 204 g/mol. The van der Waals surface area contributed by atoms with E-state index in [1.54, 1.807) is 7.11 Å². The molecule has 0 N–H and O–H groups in total. The van der Waals surface area contributed by atoms with Crippen LogP contribution in [0.5, 0.6) is 0 Å². The third kappa shape index (κ3) is 9.96. The molecule has 0 radical (unpaired) electrons. The molecule has 0 aromatic rings. The summed E-state index contributed by atoms with van der Waals surface area (Å²) >= 11 is 0. The predicted octanol–water partition coefficient (Wildman–Crippen LogP) is 2.24. The van der Waals surface area contributed by atoms with Crippen molar-refractivity contribution in [1.82, 2.24) is 0 Å². The molecule has 0 amide bonds. The zero-order valence-corrected chi connectivity index (χ0v) is 9.75. The second-order valence-corrected chi connectivity index (χ2v) is 3.37. The topological polar surface area (TPSA) is 27.7 Å². The average Bonchev–Trinajstić information content (AvgIpc) is 2.21. The lowest BCUT2D eigenvalue weighted by Crippen LogP contribution is -2.14. The van der Waals surface area contributed by atoms with Gasteiger partial charge in [0.05, 0.1) is 19.3 Å². The van der Waals surface area contributed by atoms with Gasteiger partial charge < -0.3 is 14.2 Å².